The molecule has 8 nitrogen and oxygen atoms in total. The van der Waals surface area contributed by atoms with E-state index in [0.717, 1.165) is 44.3 Å². The second-order valence-corrected chi connectivity index (χ2v) is 9.44. The number of hydrogen-bond donors (Lipinski definition) is 1. The van der Waals surface area contributed by atoms with Crippen LogP contribution in [0.5, 0.6) is 0 Å². The Balaban J connectivity index is 1.53. The van der Waals surface area contributed by atoms with Crippen molar-refractivity contribution in [2.24, 2.45) is 0 Å². The Bertz CT molecular complexity index is 1070. The van der Waals surface area contributed by atoms with Crippen LogP contribution in [-0.4, -0.2) is 61.3 Å². The molecule has 0 saturated carbocycles. The molecule has 0 aliphatic carbocycles. The van der Waals surface area contributed by atoms with E-state index < -0.39 is 11.6 Å². The Labute approximate surface area is 175 Å². The number of aromatic nitrogens is 2. The van der Waals surface area contributed by atoms with Gasteiger partial charge >= 0.3 is 6.09 Å². The van der Waals surface area contributed by atoms with E-state index >= 15 is 0 Å². The maximum absolute atomic E-state index is 12.7. The number of nitrogens with zero attached hydrogens (tertiary/aromatic N) is 4. The molecule has 0 radical (unpaired) electrons. The number of carboxylic acid groups (broad SMARTS) is 1. The topological polar surface area (TPSA) is 87.8 Å². The van der Waals surface area contributed by atoms with Gasteiger partial charge in [-0.2, -0.15) is 0 Å². The van der Waals surface area contributed by atoms with Gasteiger partial charge in [0, 0.05) is 55.3 Å². The first-order chi connectivity index (χ1) is 14.2. The van der Waals surface area contributed by atoms with Gasteiger partial charge in [0.1, 0.15) is 5.65 Å². The minimum Gasteiger partial charge on any atom is -0.465 e. The Morgan fingerprint density at radius 3 is 2.27 bits per heavy atom. The Morgan fingerprint density at radius 1 is 1.03 bits per heavy atom. The van der Waals surface area contributed by atoms with Crippen LogP contribution in [0.25, 0.3) is 11.0 Å². The van der Waals surface area contributed by atoms with Crippen molar-refractivity contribution in [2.45, 2.75) is 64.2 Å². The van der Waals surface area contributed by atoms with E-state index in [1.807, 2.05) is 20.8 Å². The van der Waals surface area contributed by atoms with Gasteiger partial charge in [-0.3, -0.25) is 18.7 Å². The lowest BCUT2D eigenvalue weighted by molar-refractivity contribution is 0.0392. The average molecular weight is 415 g/mol. The summed E-state index contributed by atoms with van der Waals surface area (Å²) in [6.45, 7) is 8.74. The molecule has 1 N–H and O–H groups in total. The molecular formula is C22H30N4O4. The van der Waals surface area contributed by atoms with Gasteiger partial charge in [0.25, 0.3) is 11.1 Å². The van der Waals surface area contributed by atoms with E-state index in [4.69, 9.17) is 0 Å². The fraction of sp³-hybridized carbons (Fsp3) is 0.591. The molecule has 2 aliphatic heterocycles. The standard InChI is InChI=1S/C22H30N4O4/c1-22(2,3)26(21(29)30)16-8-11-23(12-9-16)14-17-10-13-24-18(27)6-4-15-5-7-19(28)25(17)20(15)24/h4-7,16-17H,8-14H2,1-3H3,(H,29,30). The van der Waals surface area contributed by atoms with E-state index in [1.54, 1.807) is 38.3 Å². The van der Waals surface area contributed by atoms with Crippen molar-refractivity contribution < 1.29 is 9.90 Å². The van der Waals surface area contributed by atoms with E-state index in [9.17, 15) is 19.5 Å². The summed E-state index contributed by atoms with van der Waals surface area (Å²) in [4.78, 5) is 40.7. The third kappa shape index (κ3) is 3.64. The zero-order valence-corrected chi connectivity index (χ0v) is 17.9. The van der Waals surface area contributed by atoms with Crippen molar-refractivity contribution in [3.8, 4) is 0 Å². The van der Waals surface area contributed by atoms with Gasteiger partial charge in [0.05, 0.1) is 6.04 Å². The minimum absolute atomic E-state index is 0.00978. The first-order valence-electron chi connectivity index (χ1n) is 10.7. The molecule has 2 aliphatic rings. The largest absolute Gasteiger partial charge is 0.465 e. The molecular weight excluding hydrogens is 384 g/mol. The van der Waals surface area contributed by atoms with E-state index in [0.29, 0.717) is 12.2 Å². The molecule has 0 bridgehead atoms. The van der Waals surface area contributed by atoms with Crippen molar-refractivity contribution in [1.82, 2.24) is 18.9 Å². The highest BCUT2D eigenvalue weighted by atomic mass is 16.4. The Morgan fingerprint density at radius 2 is 1.67 bits per heavy atom. The maximum Gasteiger partial charge on any atom is 0.407 e. The molecule has 162 valence electrons. The molecule has 8 heteroatoms. The maximum atomic E-state index is 12.7. The predicted octanol–water partition coefficient (Wildman–Crippen LogP) is 2.35. The fourth-order valence-electron chi connectivity index (χ4n) is 5.13. The van der Waals surface area contributed by atoms with Gasteiger partial charge in [-0.05, 0) is 52.2 Å². The summed E-state index contributed by atoms with van der Waals surface area (Å²) < 4.78 is 3.48. The molecule has 4 heterocycles. The molecule has 1 atom stereocenters. The number of rotatable bonds is 3. The summed E-state index contributed by atoms with van der Waals surface area (Å²) in [5.41, 5.74) is 0.135. The van der Waals surface area contributed by atoms with Crippen LogP contribution in [0.3, 0.4) is 0 Å². The van der Waals surface area contributed by atoms with Gasteiger partial charge in [0.2, 0.25) is 0 Å². The average Bonchev–Trinajstić information content (AvgIpc) is 2.67. The van der Waals surface area contributed by atoms with Crippen molar-refractivity contribution in [2.75, 3.05) is 19.6 Å². The summed E-state index contributed by atoms with van der Waals surface area (Å²) in [7, 11) is 0. The molecule has 0 aromatic carbocycles. The summed E-state index contributed by atoms with van der Waals surface area (Å²) in [6.07, 6.45) is 1.43. The van der Waals surface area contributed by atoms with Gasteiger partial charge < -0.3 is 14.9 Å². The van der Waals surface area contributed by atoms with Crippen LogP contribution in [0, 0.1) is 0 Å². The molecule has 0 spiro atoms. The van der Waals surface area contributed by atoms with E-state index in [2.05, 4.69) is 4.90 Å². The van der Waals surface area contributed by atoms with Crippen LogP contribution in [0.15, 0.2) is 33.9 Å². The molecule has 1 saturated heterocycles. The van der Waals surface area contributed by atoms with Gasteiger partial charge in [-0.15, -0.1) is 0 Å². The van der Waals surface area contributed by atoms with E-state index in [-0.39, 0.29) is 23.2 Å². The summed E-state index contributed by atoms with van der Waals surface area (Å²) >= 11 is 0. The molecule has 1 amide bonds. The highest BCUT2D eigenvalue weighted by molar-refractivity contribution is 5.75. The Hall–Kier alpha value is -2.61. The van der Waals surface area contributed by atoms with Crippen LogP contribution in [-0.2, 0) is 6.54 Å². The van der Waals surface area contributed by atoms with Crippen LogP contribution in [0.1, 0.15) is 46.1 Å². The van der Waals surface area contributed by atoms with Gasteiger partial charge in [0.15, 0.2) is 0 Å². The second-order valence-electron chi connectivity index (χ2n) is 9.44. The lowest BCUT2D eigenvalue weighted by Crippen LogP contribution is -2.55. The first kappa shape index (κ1) is 20.7. The first-order valence-corrected chi connectivity index (χ1v) is 10.7. The third-order valence-electron chi connectivity index (χ3n) is 6.43. The predicted molar refractivity (Wildman–Crippen MR) is 115 cm³/mol. The van der Waals surface area contributed by atoms with Crippen LogP contribution in [0.4, 0.5) is 4.79 Å². The molecule has 1 unspecified atom stereocenters. The van der Waals surface area contributed by atoms with Gasteiger partial charge in [-0.1, -0.05) is 0 Å². The van der Waals surface area contributed by atoms with Crippen molar-refractivity contribution >= 4 is 17.1 Å². The number of carbonyl (C=O) groups is 1. The number of pyridine rings is 2. The summed E-state index contributed by atoms with van der Waals surface area (Å²) in [6, 6.07) is 6.73. The number of hydrogen-bond acceptors (Lipinski definition) is 4. The minimum atomic E-state index is -0.867. The Kier molecular flexibility index (Phi) is 5.22. The normalized spacial score (nSPS) is 20.4. The highest BCUT2D eigenvalue weighted by Crippen LogP contribution is 2.28. The smallest absolute Gasteiger partial charge is 0.407 e. The van der Waals surface area contributed by atoms with Crippen molar-refractivity contribution in [3.63, 3.8) is 0 Å². The lowest BCUT2D eigenvalue weighted by Gasteiger charge is -2.44. The van der Waals surface area contributed by atoms with Gasteiger partial charge in [-0.25, -0.2) is 4.79 Å². The highest BCUT2D eigenvalue weighted by Gasteiger charge is 2.36. The zero-order chi connectivity index (χ0) is 21.6. The monoisotopic (exact) mass is 414 g/mol. The third-order valence-corrected chi connectivity index (χ3v) is 6.43. The van der Waals surface area contributed by atoms with Crippen molar-refractivity contribution in [3.05, 3.63) is 45.0 Å². The molecule has 1 fully saturated rings. The van der Waals surface area contributed by atoms with Crippen LogP contribution < -0.4 is 11.1 Å². The number of piperidine rings is 1. The molecule has 2 aromatic rings. The van der Waals surface area contributed by atoms with Crippen LogP contribution in [0.2, 0.25) is 0 Å². The van der Waals surface area contributed by atoms with E-state index in [1.165, 1.54) is 0 Å². The van der Waals surface area contributed by atoms with Crippen LogP contribution >= 0.6 is 0 Å². The quantitative estimate of drug-likeness (QED) is 0.833. The summed E-state index contributed by atoms with van der Waals surface area (Å²) in [5.74, 6) is 0. The number of likely N-dealkylation sites (tertiary alicyclic amines) is 1. The fourth-order valence-corrected chi connectivity index (χ4v) is 5.13. The number of amides is 1. The lowest BCUT2D eigenvalue weighted by atomic mass is 9.96. The zero-order valence-electron chi connectivity index (χ0n) is 17.9. The van der Waals surface area contributed by atoms with Crippen molar-refractivity contribution in [1.29, 1.82) is 0 Å². The summed E-state index contributed by atoms with van der Waals surface area (Å²) in [5, 5.41) is 10.6. The molecule has 2 aromatic heterocycles. The second kappa shape index (κ2) is 7.58. The molecule has 30 heavy (non-hydrogen) atoms. The number of aryl methyl sites for hydroxylation is 1. The molecule has 4 rings (SSSR count). The SMILES string of the molecule is CC(C)(C)N(C(=O)O)C1CCN(CC2CCn3c(=O)ccc4ccc(=O)n2c43)CC1.